The van der Waals surface area contributed by atoms with Crippen molar-refractivity contribution in [1.82, 2.24) is 19.5 Å². The van der Waals surface area contributed by atoms with Crippen LogP contribution in [0.3, 0.4) is 0 Å². The molecule has 0 saturated heterocycles. The van der Waals surface area contributed by atoms with Crippen molar-refractivity contribution in [1.29, 1.82) is 0 Å². The fourth-order valence-corrected chi connectivity index (χ4v) is 4.74. The van der Waals surface area contributed by atoms with E-state index in [4.69, 9.17) is 25.3 Å². The minimum absolute atomic E-state index is 0.000719. The number of rotatable bonds is 13. The van der Waals surface area contributed by atoms with Crippen molar-refractivity contribution in [2.75, 3.05) is 13.7 Å². The van der Waals surface area contributed by atoms with Crippen molar-refractivity contribution in [2.24, 2.45) is 10.2 Å². The van der Waals surface area contributed by atoms with Crippen LogP contribution < -0.4 is 4.74 Å². The Morgan fingerprint density at radius 2 is 1.48 bits per heavy atom. The maximum Gasteiger partial charge on any atom is 0.244 e. The molecule has 2 unspecified atom stereocenters. The number of fused-ring (bicyclic) bond motifs is 1. The van der Waals surface area contributed by atoms with Gasteiger partial charge in [-0.25, -0.2) is 15.0 Å². The topological polar surface area (TPSA) is 209 Å². The quantitative estimate of drug-likeness (QED) is 0.0549. The van der Waals surface area contributed by atoms with Gasteiger partial charge in [-0.1, -0.05) is 72.8 Å². The largest absolute Gasteiger partial charge is 0.497 e. The molecule has 15 nitrogen and oxygen atoms in total. The molecule has 2 atom stereocenters. The Kier molecular flexibility index (Phi) is 9.28. The second kappa shape index (κ2) is 13.6. The van der Waals surface area contributed by atoms with Crippen LogP contribution in [-0.4, -0.2) is 49.7 Å². The maximum absolute atomic E-state index is 11.2. The number of benzene rings is 3. The van der Waals surface area contributed by atoms with Crippen molar-refractivity contribution in [2.45, 2.75) is 24.7 Å². The molecule has 5 rings (SSSR count). The summed E-state index contributed by atoms with van der Waals surface area (Å²) in [5.41, 5.74) is 18.8. The summed E-state index contributed by atoms with van der Waals surface area (Å²) in [6.07, 6.45) is -1.80. The standard InChI is InChI=1S/C29H26N10O5/c1-42-22-14-12-21(13-15-22)29(19-8-4-2-5-9-19,20-10-6-3-7-11-20)44-23(40)16-17-43-28(41)39-18-32-24-25(35-37-30)33-27(36-38-31)34-26(24)39/h2-15,18,23,28,40-41H,16-17H2,1H3. The molecule has 15 heteroatoms. The number of hydrogen-bond acceptors (Lipinski definition) is 10. The van der Waals surface area contributed by atoms with E-state index in [1.165, 1.54) is 6.33 Å². The predicted molar refractivity (Wildman–Crippen MR) is 158 cm³/mol. The van der Waals surface area contributed by atoms with E-state index in [0.717, 1.165) is 21.3 Å². The third-order valence-electron chi connectivity index (χ3n) is 6.70. The zero-order valence-electron chi connectivity index (χ0n) is 23.3. The Balaban J connectivity index is 1.40. The lowest BCUT2D eigenvalue weighted by atomic mass is 9.80. The Morgan fingerprint density at radius 3 is 2.07 bits per heavy atom. The van der Waals surface area contributed by atoms with Gasteiger partial charge in [0.2, 0.25) is 12.4 Å². The molecule has 0 spiro atoms. The molecule has 0 aliphatic heterocycles. The van der Waals surface area contributed by atoms with Gasteiger partial charge in [0.05, 0.1) is 13.7 Å². The van der Waals surface area contributed by atoms with Crippen molar-refractivity contribution in [3.8, 4) is 5.75 Å². The van der Waals surface area contributed by atoms with E-state index in [0.29, 0.717) is 5.75 Å². The van der Waals surface area contributed by atoms with E-state index < -0.39 is 18.3 Å². The van der Waals surface area contributed by atoms with E-state index in [-0.39, 0.29) is 36.0 Å². The molecule has 0 amide bonds. The molecule has 2 N–H and O–H groups in total. The predicted octanol–water partition coefficient (Wildman–Crippen LogP) is 5.90. The molecular formula is C29H26N10O5. The van der Waals surface area contributed by atoms with Gasteiger partial charge in [-0.2, -0.15) is 0 Å². The van der Waals surface area contributed by atoms with Gasteiger partial charge in [-0.05, 0) is 50.1 Å². The van der Waals surface area contributed by atoms with Crippen LogP contribution in [0.15, 0.2) is 101 Å². The van der Waals surface area contributed by atoms with Gasteiger partial charge in [-0.15, -0.1) is 0 Å². The molecular weight excluding hydrogens is 568 g/mol. The van der Waals surface area contributed by atoms with Crippen LogP contribution in [0.25, 0.3) is 32.0 Å². The molecule has 0 saturated carbocycles. The maximum atomic E-state index is 11.2. The molecule has 0 fully saturated rings. The summed E-state index contributed by atoms with van der Waals surface area (Å²) < 4.78 is 18.6. The third kappa shape index (κ3) is 6.14. The molecule has 2 heterocycles. The lowest BCUT2D eigenvalue weighted by Crippen LogP contribution is -2.37. The highest BCUT2D eigenvalue weighted by atomic mass is 16.6. The molecule has 0 radical (unpaired) electrons. The highest BCUT2D eigenvalue weighted by Crippen LogP contribution is 2.42. The van der Waals surface area contributed by atoms with Gasteiger partial charge in [0.15, 0.2) is 17.8 Å². The zero-order chi connectivity index (χ0) is 30.9. The van der Waals surface area contributed by atoms with E-state index in [9.17, 15) is 10.2 Å². The van der Waals surface area contributed by atoms with Gasteiger partial charge >= 0.3 is 0 Å². The van der Waals surface area contributed by atoms with Crippen LogP contribution in [0.1, 0.15) is 29.5 Å². The number of hydrogen-bond donors (Lipinski definition) is 2. The molecule has 5 aromatic rings. The van der Waals surface area contributed by atoms with Crippen molar-refractivity contribution < 1.29 is 24.4 Å². The van der Waals surface area contributed by atoms with Crippen LogP contribution >= 0.6 is 0 Å². The fraction of sp³-hybridized carbons (Fsp3) is 0.207. The van der Waals surface area contributed by atoms with Crippen LogP contribution in [0.4, 0.5) is 11.8 Å². The van der Waals surface area contributed by atoms with Crippen LogP contribution in [0.2, 0.25) is 0 Å². The Hall–Kier alpha value is -5.53. The summed E-state index contributed by atoms with van der Waals surface area (Å²) in [4.78, 5) is 17.3. The number of nitrogens with zero attached hydrogens (tertiary/aromatic N) is 10. The van der Waals surface area contributed by atoms with Gasteiger partial charge in [-0.3, -0.25) is 4.57 Å². The lowest BCUT2D eigenvalue weighted by molar-refractivity contribution is -0.192. The second-order valence-electron chi connectivity index (χ2n) is 9.25. The van der Waals surface area contributed by atoms with Crippen LogP contribution in [0, 0.1) is 0 Å². The molecule has 0 bridgehead atoms. The summed E-state index contributed by atoms with van der Waals surface area (Å²) in [6, 6.07) is 26.5. The van der Waals surface area contributed by atoms with E-state index in [1.807, 2.05) is 84.9 Å². The summed E-state index contributed by atoms with van der Waals surface area (Å²) >= 11 is 0. The van der Waals surface area contributed by atoms with Crippen molar-refractivity contribution in [3.63, 3.8) is 0 Å². The number of ether oxygens (including phenoxy) is 3. The van der Waals surface area contributed by atoms with Gasteiger partial charge in [0.25, 0.3) is 0 Å². The number of imidazole rings is 1. The zero-order valence-corrected chi connectivity index (χ0v) is 23.3. The monoisotopic (exact) mass is 594 g/mol. The highest BCUT2D eigenvalue weighted by molar-refractivity contribution is 5.82. The Bertz CT molecular complexity index is 1770. The molecule has 3 aromatic carbocycles. The average Bonchev–Trinajstić information content (AvgIpc) is 3.49. The molecule has 0 aliphatic rings. The van der Waals surface area contributed by atoms with Gasteiger partial charge < -0.3 is 24.4 Å². The third-order valence-corrected chi connectivity index (χ3v) is 6.70. The number of aliphatic hydroxyl groups excluding tert-OH is 2. The average molecular weight is 595 g/mol. The van der Waals surface area contributed by atoms with Crippen LogP contribution in [0.5, 0.6) is 5.75 Å². The SMILES string of the molecule is COc1ccc(C(OC(O)CCOC(O)n2cnc3c(N=[N+]=[N-])nc(N=[N+]=[N-])nc32)(c2ccccc2)c2ccccc2)cc1. The Morgan fingerprint density at radius 1 is 0.864 bits per heavy atom. The lowest BCUT2D eigenvalue weighted by Gasteiger charge is -2.37. The molecule has 44 heavy (non-hydrogen) atoms. The van der Waals surface area contributed by atoms with Crippen molar-refractivity contribution in [3.05, 3.63) is 129 Å². The van der Waals surface area contributed by atoms with Crippen molar-refractivity contribution >= 4 is 22.9 Å². The fourth-order valence-electron chi connectivity index (χ4n) is 4.74. The normalized spacial score (nSPS) is 12.6. The number of aromatic nitrogens is 4. The summed E-state index contributed by atoms with van der Waals surface area (Å²) in [6.45, 7) is -0.151. The first-order valence-electron chi connectivity index (χ1n) is 13.3. The first-order chi connectivity index (χ1) is 21.5. The number of methoxy groups -OCH3 is 1. The Labute approximate surface area is 250 Å². The molecule has 222 valence electrons. The number of aliphatic hydroxyl groups is 2. The van der Waals surface area contributed by atoms with E-state index in [1.54, 1.807) is 7.11 Å². The summed E-state index contributed by atoms with van der Waals surface area (Å²) in [7, 11) is 1.59. The first-order valence-corrected chi connectivity index (χ1v) is 13.3. The van der Waals surface area contributed by atoms with Gasteiger partial charge in [0, 0.05) is 16.2 Å². The minimum atomic E-state index is -1.62. The summed E-state index contributed by atoms with van der Waals surface area (Å²) in [5.74, 6) is 0.144. The first kappa shape index (κ1) is 29.9. The molecule has 0 aliphatic carbocycles. The van der Waals surface area contributed by atoms with Gasteiger partial charge in [0.1, 0.15) is 23.2 Å². The summed E-state index contributed by atoms with van der Waals surface area (Å²) in [5, 5.41) is 28.8. The molecule has 2 aromatic heterocycles. The number of azide groups is 2. The van der Waals surface area contributed by atoms with E-state index in [2.05, 4.69) is 35.0 Å². The smallest absolute Gasteiger partial charge is 0.244 e. The minimum Gasteiger partial charge on any atom is -0.497 e. The van der Waals surface area contributed by atoms with Crippen LogP contribution in [-0.2, 0) is 15.1 Å². The highest BCUT2D eigenvalue weighted by Gasteiger charge is 2.39. The van der Waals surface area contributed by atoms with E-state index >= 15 is 0 Å². The second-order valence-corrected chi connectivity index (χ2v) is 9.25.